The lowest BCUT2D eigenvalue weighted by atomic mass is 10.3. The van der Waals surface area contributed by atoms with Crippen LogP contribution in [0.15, 0.2) is 29.2 Å². The smallest absolute Gasteiger partial charge is 0.282 e. The average Bonchev–Trinajstić information content (AvgIpc) is 2.84. The van der Waals surface area contributed by atoms with Crippen molar-refractivity contribution >= 4 is 33.9 Å². The average molecular weight is 283 g/mol. The van der Waals surface area contributed by atoms with E-state index in [4.69, 9.17) is 5.84 Å². The standard InChI is InChI=1S/C9H9N5O2S2/c10-11-9-13-12-8(18-9)5-17-7-4-2-1-3-6(7)14(15)16/h1-4H,5,10H2,(H,11,13). The van der Waals surface area contributed by atoms with Gasteiger partial charge in [-0.2, -0.15) is 0 Å². The van der Waals surface area contributed by atoms with Crippen molar-refractivity contribution in [3.05, 3.63) is 39.4 Å². The molecule has 1 aromatic heterocycles. The highest BCUT2D eigenvalue weighted by Crippen LogP contribution is 2.32. The number of rotatable bonds is 5. The zero-order chi connectivity index (χ0) is 13.0. The van der Waals surface area contributed by atoms with Crippen LogP contribution in [-0.4, -0.2) is 15.1 Å². The Labute approximate surface area is 111 Å². The molecule has 0 radical (unpaired) electrons. The molecule has 9 heteroatoms. The van der Waals surface area contributed by atoms with Crippen molar-refractivity contribution in [2.75, 3.05) is 5.43 Å². The third kappa shape index (κ3) is 2.94. The van der Waals surface area contributed by atoms with Gasteiger partial charge >= 0.3 is 0 Å². The molecule has 2 rings (SSSR count). The van der Waals surface area contributed by atoms with E-state index in [1.54, 1.807) is 18.2 Å². The first-order chi connectivity index (χ1) is 8.70. The fourth-order valence-electron chi connectivity index (χ4n) is 1.24. The molecule has 3 N–H and O–H groups in total. The van der Waals surface area contributed by atoms with Crippen molar-refractivity contribution in [3.8, 4) is 0 Å². The molecule has 0 spiro atoms. The number of para-hydroxylation sites is 1. The molecule has 0 atom stereocenters. The van der Waals surface area contributed by atoms with Gasteiger partial charge in [-0.1, -0.05) is 23.5 Å². The minimum Gasteiger partial charge on any atom is -0.298 e. The van der Waals surface area contributed by atoms with Crippen LogP contribution >= 0.6 is 23.1 Å². The molecule has 0 aliphatic heterocycles. The fourth-order valence-corrected chi connectivity index (χ4v) is 2.90. The number of hydrogen-bond acceptors (Lipinski definition) is 8. The van der Waals surface area contributed by atoms with Gasteiger partial charge in [0, 0.05) is 6.07 Å². The lowest BCUT2D eigenvalue weighted by Crippen LogP contribution is -2.05. The molecule has 1 heterocycles. The second kappa shape index (κ2) is 5.76. The SMILES string of the molecule is NNc1nnc(CSc2ccccc2[N+](=O)[O-])s1. The highest BCUT2D eigenvalue weighted by molar-refractivity contribution is 7.98. The number of nitro benzene ring substituents is 1. The summed E-state index contributed by atoms with van der Waals surface area (Å²) in [5.41, 5.74) is 2.50. The summed E-state index contributed by atoms with van der Waals surface area (Å²) >= 11 is 2.67. The summed E-state index contributed by atoms with van der Waals surface area (Å²) in [7, 11) is 0. The molecule has 0 aliphatic carbocycles. The summed E-state index contributed by atoms with van der Waals surface area (Å²) in [5.74, 6) is 5.71. The molecular weight excluding hydrogens is 274 g/mol. The Bertz CT molecular complexity index is 559. The molecule has 0 aliphatic rings. The van der Waals surface area contributed by atoms with Gasteiger partial charge in [0.2, 0.25) is 5.13 Å². The molecule has 0 fully saturated rings. The minimum atomic E-state index is -0.394. The predicted molar refractivity (Wildman–Crippen MR) is 70.4 cm³/mol. The number of thioether (sulfide) groups is 1. The Hall–Kier alpha value is -1.71. The monoisotopic (exact) mass is 283 g/mol. The first-order valence-corrected chi connectivity index (χ1v) is 6.66. The molecule has 0 bridgehead atoms. The van der Waals surface area contributed by atoms with Gasteiger partial charge in [-0.3, -0.25) is 15.5 Å². The van der Waals surface area contributed by atoms with Crippen LogP contribution in [0.2, 0.25) is 0 Å². The van der Waals surface area contributed by atoms with Crippen molar-refractivity contribution in [2.45, 2.75) is 10.6 Å². The van der Waals surface area contributed by atoms with Crippen LogP contribution in [-0.2, 0) is 5.75 Å². The van der Waals surface area contributed by atoms with Gasteiger partial charge in [-0.25, -0.2) is 5.84 Å². The van der Waals surface area contributed by atoms with E-state index in [-0.39, 0.29) is 5.69 Å². The number of nitro groups is 1. The van der Waals surface area contributed by atoms with Gasteiger partial charge < -0.3 is 0 Å². The number of aromatic nitrogens is 2. The van der Waals surface area contributed by atoms with Crippen LogP contribution in [0.5, 0.6) is 0 Å². The number of nitrogens with zero attached hydrogens (tertiary/aromatic N) is 3. The van der Waals surface area contributed by atoms with E-state index in [1.165, 1.54) is 29.2 Å². The van der Waals surface area contributed by atoms with E-state index < -0.39 is 4.92 Å². The van der Waals surface area contributed by atoms with Crippen LogP contribution in [0, 0.1) is 10.1 Å². The lowest BCUT2D eigenvalue weighted by molar-refractivity contribution is -0.387. The van der Waals surface area contributed by atoms with E-state index in [0.717, 1.165) is 5.01 Å². The molecule has 1 aromatic carbocycles. The first-order valence-electron chi connectivity index (χ1n) is 4.86. The van der Waals surface area contributed by atoms with Crippen LogP contribution in [0.4, 0.5) is 10.8 Å². The van der Waals surface area contributed by atoms with Gasteiger partial charge in [0.05, 0.1) is 15.6 Å². The number of anilines is 1. The zero-order valence-corrected chi connectivity index (χ0v) is 10.7. The Morgan fingerprint density at radius 2 is 2.22 bits per heavy atom. The summed E-state index contributed by atoms with van der Waals surface area (Å²) in [4.78, 5) is 11.0. The Kier molecular flexibility index (Phi) is 4.07. The van der Waals surface area contributed by atoms with E-state index in [9.17, 15) is 10.1 Å². The number of benzene rings is 1. The van der Waals surface area contributed by atoms with Crippen molar-refractivity contribution < 1.29 is 4.92 Å². The Balaban J connectivity index is 2.08. The minimum absolute atomic E-state index is 0.101. The normalized spacial score (nSPS) is 10.3. The lowest BCUT2D eigenvalue weighted by Gasteiger charge is -2.00. The van der Waals surface area contributed by atoms with Crippen LogP contribution in [0.25, 0.3) is 0 Å². The Morgan fingerprint density at radius 3 is 2.89 bits per heavy atom. The Morgan fingerprint density at radius 1 is 1.44 bits per heavy atom. The third-order valence-electron chi connectivity index (χ3n) is 2.00. The maximum atomic E-state index is 10.8. The quantitative estimate of drug-likeness (QED) is 0.374. The van der Waals surface area contributed by atoms with Gasteiger partial charge in [-0.15, -0.1) is 22.0 Å². The summed E-state index contributed by atoms with van der Waals surface area (Å²) in [6.45, 7) is 0. The number of nitrogen functional groups attached to an aromatic ring is 1. The second-order valence-corrected chi connectivity index (χ2v) is 5.24. The maximum Gasteiger partial charge on any atom is 0.282 e. The fraction of sp³-hybridized carbons (Fsp3) is 0.111. The molecule has 18 heavy (non-hydrogen) atoms. The van der Waals surface area contributed by atoms with E-state index in [1.807, 2.05) is 0 Å². The number of hydrogen-bond donors (Lipinski definition) is 2. The van der Waals surface area contributed by atoms with Gasteiger partial charge in [0.1, 0.15) is 5.01 Å². The molecule has 0 amide bonds. The summed E-state index contributed by atoms with van der Waals surface area (Å²) in [5, 5.41) is 19.8. The number of nitrogens with two attached hydrogens (primary N) is 1. The summed E-state index contributed by atoms with van der Waals surface area (Å²) in [6.07, 6.45) is 0. The highest BCUT2D eigenvalue weighted by Gasteiger charge is 2.13. The van der Waals surface area contributed by atoms with Crippen LogP contribution in [0.1, 0.15) is 5.01 Å². The summed E-state index contributed by atoms with van der Waals surface area (Å²) < 4.78 is 0. The van der Waals surface area contributed by atoms with Crippen molar-refractivity contribution in [3.63, 3.8) is 0 Å². The number of nitrogens with one attached hydrogen (secondary N) is 1. The molecule has 0 saturated heterocycles. The topological polar surface area (TPSA) is 107 Å². The maximum absolute atomic E-state index is 10.8. The van der Waals surface area contributed by atoms with E-state index in [2.05, 4.69) is 15.6 Å². The molecule has 2 aromatic rings. The van der Waals surface area contributed by atoms with Gasteiger partial charge in [0.15, 0.2) is 0 Å². The molecular formula is C9H9N5O2S2. The highest BCUT2D eigenvalue weighted by atomic mass is 32.2. The second-order valence-electron chi connectivity index (χ2n) is 3.16. The molecule has 7 nitrogen and oxygen atoms in total. The molecule has 0 unspecified atom stereocenters. The van der Waals surface area contributed by atoms with Crippen LogP contribution in [0.3, 0.4) is 0 Å². The summed E-state index contributed by atoms with van der Waals surface area (Å²) in [6, 6.07) is 6.60. The largest absolute Gasteiger partial charge is 0.298 e. The van der Waals surface area contributed by atoms with Crippen molar-refractivity contribution in [1.29, 1.82) is 0 Å². The van der Waals surface area contributed by atoms with Crippen molar-refractivity contribution in [1.82, 2.24) is 10.2 Å². The predicted octanol–water partition coefficient (Wildman–Crippen LogP) is 2.02. The first kappa shape index (κ1) is 12.7. The number of hydrazine groups is 1. The third-order valence-corrected chi connectivity index (χ3v) is 4.11. The zero-order valence-electron chi connectivity index (χ0n) is 9.07. The molecule has 0 saturated carbocycles. The van der Waals surface area contributed by atoms with Crippen LogP contribution < -0.4 is 11.3 Å². The molecule has 94 valence electrons. The van der Waals surface area contributed by atoms with Gasteiger partial charge in [0.25, 0.3) is 5.69 Å². The van der Waals surface area contributed by atoms with Crippen molar-refractivity contribution in [2.24, 2.45) is 5.84 Å². The van der Waals surface area contributed by atoms with E-state index >= 15 is 0 Å². The van der Waals surface area contributed by atoms with E-state index in [0.29, 0.717) is 15.8 Å². The van der Waals surface area contributed by atoms with Gasteiger partial charge in [-0.05, 0) is 6.07 Å².